The summed E-state index contributed by atoms with van der Waals surface area (Å²) in [6, 6.07) is 0.461. The van der Waals surface area contributed by atoms with E-state index in [1.54, 1.807) is 0 Å². The second-order valence-electron chi connectivity index (χ2n) is 2.83. The van der Waals surface area contributed by atoms with Crippen LogP contribution in [0.4, 0.5) is 0 Å². The number of rotatable bonds is 0. The molecule has 3 nitrogen and oxygen atoms in total. The molecule has 2 aliphatic rings. The smallest absolute Gasteiger partial charge is 0.0773 e. The average Bonchev–Trinajstić information content (AvgIpc) is 2.05. The molecule has 0 aromatic carbocycles. The van der Waals surface area contributed by atoms with E-state index in [0.717, 1.165) is 32.8 Å². The summed E-state index contributed by atoms with van der Waals surface area (Å²) in [5.41, 5.74) is 0. The molecule has 58 valence electrons. The van der Waals surface area contributed by atoms with Gasteiger partial charge < -0.3 is 14.8 Å². The molecule has 0 spiro atoms. The summed E-state index contributed by atoms with van der Waals surface area (Å²) < 4.78 is 10.8. The maximum atomic E-state index is 5.54. The summed E-state index contributed by atoms with van der Waals surface area (Å²) in [5.74, 6) is 0. The lowest BCUT2D eigenvalue weighted by Gasteiger charge is -2.35. The zero-order chi connectivity index (χ0) is 6.81. The zero-order valence-electron chi connectivity index (χ0n) is 6.01. The molecular weight excluding hydrogens is 130 g/mol. The summed E-state index contributed by atoms with van der Waals surface area (Å²) in [6.45, 7) is 3.53. The highest BCUT2D eigenvalue weighted by atomic mass is 16.5. The van der Waals surface area contributed by atoms with Gasteiger partial charge >= 0.3 is 0 Å². The average molecular weight is 143 g/mol. The number of hydrogen-bond acceptors (Lipinski definition) is 3. The molecule has 2 rings (SSSR count). The van der Waals surface area contributed by atoms with Crippen molar-refractivity contribution >= 4 is 0 Å². The lowest BCUT2D eigenvalue weighted by Crippen LogP contribution is -2.53. The molecule has 0 aliphatic carbocycles. The minimum atomic E-state index is 0.419. The first-order chi connectivity index (χ1) is 4.97. The van der Waals surface area contributed by atoms with E-state index in [4.69, 9.17) is 9.47 Å². The Morgan fingerprint density at radius 1 is 1.30 bits per heavy atom. The molecule has 0 aromatic heterocycles. The predicted octanol–water partition coefficient (Wildman–Crippen LogP) is -0.236. The van der Waals surface area contributed by atoms with Crippen molar-refractivity contribution in [3.8, 4) is 0 Å². The van der Waals surface area contributed by atoms with Crippen LogP contribution in [0.1, 0.15) is 6.42 Å². The van der Waals surface area contributed by atoms with Crippen molar-refractivity contribution in [2.45, 2.75) is 18.6 Å². The van der Waals surface area contributed by atoms with E-state index in [1.165, 1.54) is 0 Å². The number of fused-ring (bicyclic) bond motifs is 1. The molecule has 0 bridgehead atoms. The van der Waals surface area contributed by atoms with Crippen LogP contribution in [0.3, 0.4) is 0 Å². The lowest BCUT2D eigenvalue weighted by atomic mass is 10.1. The van der Waals surface area contributed by atoms with Crippen LogP contribution < -0.4 is 5.32 Å². The molecule has 2 fully saturated rings. The van der Waals surface area contributed by atoms with Gasteiger partial charge in [-0.25, -0.2) is 0 Å². The largest absolute Gasteiger partial charge is 0.380 e. The Kier molecular flexibility index (Phi) is 1.88. The minimum Gasteiger partial charge on any atom is -0.380 e. The molecule has 0 radical (unpaired) electrons. The highest BCUT2D eigenvalue weighted by Crippen LogP contribution is 2.13. The number of ether oxygens (including phenoxy) is 2. The van der Waals surface area contributed by atoms with Crippen LogP contribution in [-0.4, -0.2) is 38.5 Å². The Balaban J connectivity index is 1.93. The van der Waals surface area contributed by atoms with E-state index in [9.17, 15) is 0 Å². The van der Waals surface area contributed by atoms with Crippen molar-refractivity contribution in [1.29, 1.82) is 0 Å². The third-order valence-electron chi connectivity index (χ3n) is 2.13. The highest BCUT2D eigenvalue weighted by molar-refractivity contribution is 4.83. The first-order valence-corrected chi connectivity index (χ1v) is 3.89. The van der Waals surface area contributed by atoms with E-state index >= 15 is 0 Å². The summed E-state index contributed by atoms with van der Waals surface area (Å²) in [6.07, 6.45) is 1.47. The van der Waals surface area contributed by atoms with Gasteiger partial charge in [0.05, 0.1) is 25.4 Å². The maximum absolute atomic E-state index is 5.54. The van der Waals surface area contributed by atoms with Gasteiger partial charge in [-0.3, -0.25) is 0 Å². The fourth-order valence-corrected chi connectivity index (χ4v) is 1.56. The van der Waals surface area contributed by atoms with Gasteiger partial charge in [-0.05, 0) is 6.42 Å². The molecule has 10 heavy (non-hydrogen) atoms. The highest BCUT2D eigenvalue weighted by Gasteiger charge is 2.28. The van der Waals surface area contributed by atoms with E-state index in [2.05, 4.69) is 5.32 Å². The molecule has 3 heteroatoms. The molecular formula is C7H13NO2. The first-order valence-electron chi connectivity index (χ1n) is 3.89. The second-order valence-corrected chi connectivity index (χ2v) is 2.83. The second kappa shape index (κ2) is 2.86. The van der Waals surface area contributed by atoms with E-state index in [-0.39, 0.29) is 0 Å². The molecule has 0 saturated carbocycles. The van der Waals surface area contributed by atoms with Crippen LogP contribution >= 0.6 is 0 Å². The van der Waals surface area contributed by atoms with Crippen LogP contribution in [0.2, 0.25) is 0 Å². The van der Waals surface area contributed by atoms with E-state index < -0.39 is 0 Å². The maximum Gasteiger partial charge on any atom is 0.0773 e. The SMILES string of the molecule is C1CO[C@H]2CCOC[C@@H]2N1. The molecule has 1 N–H and O–H groups in total. The molecule has 0 amide bonds. The Morgan fingerprint density at radius 2 is 2.30 bits per heavy atom. The van der Waals surface area contributed by atoms with E-state index in [1.807, 2.05) is 0 Å². The van der Waals surface area contributed by atoms with Crippen molar-refractivity contribution in [3.63, 3.8) is 0 Å². The van der Waals surface area contributed by atoms with E-state index in [0.29, 0.717) is 12.1 Å². The molecule has 0 unspecified atom stereocenters. The summed E-state index contributed by atoms with van der Waals surface area (Å²) in [5, 5.41) is 3.37. The standard InChI is InChI=1S/C7H13NO2/c1-3-9-5-6-7(1)10-4-2-8-6/h6-8H,1-5H2/t6-,7-/m0/s1. The number of nitrogens with one attached hydrogen (secondary N) is 1. The number of hydrogen-bond donors (Lipinski definition) is 1. The van der Waals surface area contributed by atoms with Gasteiger partial charge in [0.2, 0.25) is 0 Å². The molecule has 2 atom stereocenters. The Bertz CT molecular complexity index is 92.2. The fraction of sp³-hybridized carbons (Fsp3) is 1.00. The lowest BCUT2D eigenvalue weighted by molar-refractivity contribution is -0.0780. The zero-order valence-corrected chi connectivity index (χ0v) is 6.01. The summed E-state index contributed by atoms with van der Waals surface area (Å²) in [7, 11) is 0. The van der Waals surface area contributed by atoms with Crippen molar-refractivity contribution in [3.05, 3.63) is 0 Å². The Labute approximate surface area is 60.7 Å². The van der Waals surface area contributed by atoms with Gasteiger partial charge in [0.25, 0.3) is 0 Å². The minimum absolute atomic E-state index is 0.419. The third kappa shape index (κ3) is 1.17. The summed E-state index contributed by atoms with van der Waals surface area (Å²) >= 11 is 0. The Hall–Kier alpha value is -0.120. The monoisotopic (exact) mass is 143 g/mol. The van der Waals surface area contributed by atoms with Crippen molar-refractivity contribution in [2.75, 3.05) is 26.4 Å². The fourth-order valence-electron chi connectivity index (χ4n) is 1.56. The molecule has 2 heterocycles. The predicted molar refractivity (Wildman–Crippen MR) is 37.0 cm³/mol. The topological polar surface area (TPSA) is 30.5 Å². The van der Waals surface area contributed by atoms with Crippen LogP contribution in [0.25, 0.3) is 0 Å². The van der Waals surface area contributed by atoms with Crippen LogP contribution in [0, 0.1) is 0 Å². The quantitative estimate of drug-likeness (QED) is 0.508. The van der Waals surface area contributed by atoms with Crippen molar-refractivity contribution in [1.82, 2.24) is 5.32 Å². The molecule has 0 aromatic rings. The van der Waals surface area contributed by atoms with Gasteiger partial charge in [-0.2, -0.15) is 0 Å². The van der Waals surface area contributed by atoms with Crippen molar-refractivity contribution in [2.24, 2.45) is 0 Å². The van der Waals surface area contributed by atoms with Gasteiger partial charge in [-0.1, -0.05) is 0 Å². The third-order valence-corrected chi connectivity index (χ3v) is 2.13. The Morgan fingerprint density at radius 3 is 3.20 bits per heavy atom. The summed E-state index contributed by atoms with van der Waals surface area (Å²) in [4.78, 5) is 0. The van der Waals surface area contributed by atoms with Gasteiger partial charge in [0.15, 0.2) is 0 Å². The number of morpholine rings is 1. The first kappa shape index (κ1) is 6.58. The normalized spacial score (nSPS) is 40.8. The van der Waals surface area contributed by atoms with Gasteiger partial charge in [-0.15, -0.1) is 0 Å². The van der Waals surface area contributed by atoms with Crippen LogP contribution in [-0.2, 0) is 9.47 Å². The van der Waals surface area contributed by atoms with Gasteiger partial charge in [0.1, 0.15) is 0 Å². The molecule has 2 saturated heterocycles. The van der Waals surface area contributed by atoms with Crippen LogP contribution in [0.15, 0.2) is 0 Å². The molecule has 2 aliphatic heterocycles. The van der Waals surface area contributed by atoms with Gasteiger partial charge in [0, 0.05) is 13.2 Å². The van der Waals surface area contributed by atoms with Crippen molar-refractivity contribution < 1.29 is 9.47 Å². The van der Waals surface area contributed by atoms with Crippen LogP contribution in [0.5, 0.6) is 0 Å².